The summed E-state index contributed by atoms with van der Waals surface area (Å²) in [4.78, 5) is 54.6. The number of hydrogen-bond donors (Lipinski definition) is 3. The van der Waals surface area contributed by atoms with Gasteiger partial charge in [0.15, 0.2) is 23.1 Å². The van der Waals surface area contributed by atoms with Crippen molar-refractivity contribution in [3.63, 3.8) is 0 Å². The fourth-order valence-electron chi connectivity index (χ4n) is 4.46. The van der Waals surface area contributed by atoms with Crippen LogP contribution in [0.25, 0.3) is 0 Å². The molecule has 0 unspecified atom stereocenters. The first-order valence-corrected chi connectivity index (χ1v) is 13.7. The zero-order chi connectivity index (χ0) is 30.9. The molecule has 0 aliphatic heterocycles. The molecule has 0 saturated heterocycles. The number of carbonyl (C=O) groups is 4. The number of phenols is 3. The van der Waals surface area contributed by atoms with Gasteiger partial charge in [0.25, 0.3) is 0 Å². The number of carbonyl (C=O) groups excluding carboxylic acids is 4. The molecular weight excluding hydrogens is 552 g/mol. The van der Waals surface area contributed by atoms with Crippen molar-refractivity contribution in [1.29, 1.82) is 0 Å². The molecule has 9 nitrogen and oxygen atoms in total. The Hall–Kier alpha value is -5.44. The van der Waals surface area contributed by atoms with Gasteiger partial charge in [0, 0.05) is 11.1 Å². The van der Waals surface area contributed by atoms with Crippen LogP contribution in [0.15, 0.2) is 84.9 Å². The second-order valence-corrected chi connectivity index (χ2v) is 9.68. The Kier molecular flexibility index (Phi) is 9.90. The highest BCUT2D eigenvalue weighted by Crippen LogP contribution is 2.46. The van der Waals surface area contributed by atoms with E-state index in [0.717, 1.165) is 25.3 Å². The van der Waals surface area contributed by atoms with Gasteiger partial charge in [-0.05, 0) is 30.7 Å². The summed E-state index contributed by atoms with van der Waals surface area (Å²) < 4.78 is 10.9. The van der Waals surface area contributed by atoms with Crippen LogP contribution >= 0.6 is 0 Å². The second-order valence-electron chi connectivity index (χ2n) is 9.68. The molecule has 3 N–H and O–H groups in total. The third-order valence-electron chi connectivity index (χ3n) is 6.64. The fraction of sp³-hybridized carbons (Fsp3) is 0.176. The first kappa shape index (κ1) is 30.5. The van der Waals surface area contributed by atoms with E-state index in [1.54, 1.807) is 36.4 Å². The normalized spacial score (nSPS) is 10.6. The third kappa shape index (κ3) is 6.90. The highest BCUT2D eigenvalue weighted by molar-refractivity contribution is 6.24. The molecule has 4 aromatic carbocycles. The number of unbranched alkanes of at least 4 members (excludes halogenated alkanes) is 3. The smallest absolute Gasteiger partial charge is 0.343 e. The van der Waals surface area contributed by atoms with E-state index < -0.39 is 57.4 Å². The van der Waals surface area contributed by atoms with Crippen molar-refractivity contribution in [2.45, 2.75) is 32.6 Å². The van der Waals surface area contributed by atoms with Crippen LogP contribution < -0.4 is 4.74 Å². The van der Waals surface area contributed by atoms with Gasteiger partial charge in [-0.25, -0.2) is 9.59 Å². The quantitative estimate of drug-likeness (QED) is 0.0582. The van der Waals surface area contributed by atoms with E-state index in [-0.39, 0.29) is 29.0 Å². The molecule has 220 valence electrons. The maximum Gasteiger partial charge on any atom is 0.343 e. The third-order valence-corrected chi connectivity index (χ3v) is 6.64. The number of ketones is 2. The predicted molar refractivity (Wildman–Crippen MR) is 157 cm³/mol. The van der Waals surface area contributed by atoms with Crippen molar-refractivity contribution in [1.82, 2.24) is 0 Å². The number of ether oxygens (including phenoxy) is 2. The molecule has 0 fully saturated rings. The number of esters is 2. The van der Waals surface area contributed by atoms with Crippen LogP contribution in [0.5, 0.6) is 23.0 Å². The van der Waals surface area contributed by atoms with E-state index in [0.29, 0.717) is 6.42 Å². The molecule has 0 bridgehead atoms. The number of benzene rings is 4. The molecule has 4 aromatic rings. The highest BCUT2D eigenvalue weighted by atomic mass is 16.5. The SMILES string of the molecule is CCCCCCOC(=O)c1c(C(=O)c2ccccc2)c(O)c(O)c(OC(=O)c2ccccc2)c1C(=O)c1cccc(O)c1. The van der Waals surface area contributed by atoms with Gasteiger partial charge in [-0.1, -0.05) is 86.8 Å². The number of hydrogen-bond acceptors (Lipinski definition) is 9. The van der Waals surface area contributed by atoms with E-state index >= 15 is 0 Å². The average Bonchev–Trinajstić information content (AvgIpc) is 3.03. The maximum atomic E-state index is 14.0. The van der Waals surface area contributed by atoms with E-state index in [1.807, 2.05) is 6.92 Å². The minimum atomic E-state index is -1.15. The van der Waals surface area contributed by atoms with Crippen LogP contribution in [-0.2, 0) is 4.74 Å². The Morgan fingerprint density at radius 3 is 1.84 bits per heavy atom. The van der Waals surface area contributed by atoms with Gasteiger partial charge >= 0.3 is 11.9 Å². The van der Waals surface area contributed by atoms with Gasteiger partial charge in [-0.15, -0.1) is 0 Å². The summed E-state index contributed by atoms with van der Waals surface area (Å²) in [5.41, 5.74) is -2.16. The Bertz CT molecular complexity index is 1640. The van der Waals surface area contributed by atoms with E-state index in [4.69, 9.17) is 9.47 Å². The van der Waals surface area contributed by atoms with Crippen LogP contribution in [0.3, 0.4) is 0 Å². The van der Waals surface area contributed by atoms with Crippen LogP contribution in [0.4, 0.5) is 0 Å². The zero-order valence-corrected chi connectivity index (χ0v) is 23.4. The number of phenolic OH excluding ortho intramolecular Hbond substituents is 3. The van der Waals surface area contributed by atoms with Gasteiger partial charge in [0.1, 0.15) is 5.75 Å². The maximum absolute atomic E-state index is 14.0. The summed E-state index contributed by atoms with van der Waals surface area (Å²) in [6.07, 6.45) is 3.09. The fourth-order valence-corrected chi connectivity index (χ4v) is 4.46. The van der Waals surface area contributed by atoms with E-state index in [2.05, 4.69) is 0 Å². The number of rotatable bonds is 12. The van der Waals surface area contributed by atoms with Crippen molar-refractivity contribution < 1.29 is 44.0 Å². The average molecular weight is 583 g/mol. The van der Waals surface area contributed by atoms with Crippen molar-refractivity contribution in [3.8, 4) is 23.0 Å². The summed E-state index contributed by atoms with van der Waals surface area (Å²) in [6, 6.07) is 20.4. The van der Waals surface area contributed by atoms with Crippen LogP contribution in [0.1, 0.15) is 85.2 Å². The molecule has 9 heteroatoms. The molecule has 0 spiro atoms. The van der Waals surface area contributed by atoms with E-state index in [9.17, 15) is 34.5 Å². The molecular formula is C34H30O9. The number of aromatic hydroxyl groups is 3. The molecule has 0 aliphatic rings. The summed E-state index contributed by atoms with van der Waals surface area (Å²) in [5.74, 6) is -7.34. The topological polar surface area (TPSA) is 147 Å². The highest BCUT2D eigenvalue weighted by Gasteiger charge is 2.37. The van der Waals surface area contributed by atoms with Crippen molar-refractivity contribution >= 4 is 23.5 Å². The first-order chi connectivity index (χ1) is 20.7. The molecule has 0 aliphatic carbocycles. The predicted octanol–water partition coefficient (Wildman–Crippen LogP) is 6.22. The molecule has 0 aromatic heterocycles. The monoisotopic (exact) mass is 582 g/mol. The van der Waals surface area contributed by atoms with Crippen molar-refractivity contribution in [2.75, 3.05) is 6.61 Å². The van der Waals surface area contributed by atoms with Gasteiger partial charge in [0.05, 0.1) is 28.9 Å². The van der Waals surface area contributed by atoms with Crippen molar-refractivity contribution in [3.05, 3.63) is 118 Å². The Labute approximate surface area is 248 Å². The van der Waals surface area contributed by atoms with Gasteiger partial charge in [0.2, 0.25) is 5.75 Å². The standard InChI is InChI=1S/C34H30O9/c1-2-3-4-11-19-42-34(41)25-26(28(36)21-13-7-5-8-14-21)30(38)31(39)32(43-33(40)22-15-9-6-10-16-22)27(25)29(37)23-17-12-18-24(35)20-23/h5-10,12-18,20,35,38-39H,2-4,11,19H2,1H3. The zero-order valence-electron chi connectivity index (χ0n) is 23.4. The molecule has 0 amide bonds. The summed E-state index contributed by atoms with van der Waals surface area (Å²) in [7, 11) is 0. The van der Waals surface area contributed by atoms with Gasteiger partial charge < -0.3 is 24.8 Å². The minimum absolute atomic E-state index is 0.0407. The first-order valence-electron chi connectivity index (χ1n) is 13.7. The Morgan fingerprint density at radius 2 is 1.21 bits per heavy atom. The van der Waals surface area contributed by atoms with Crippen LogP contribution in [0, 0.1) is 0 Å². The molecule has 43 heavy (non-hydrogen) atoms. The lowest BCUT2D eigenvalue weighted by Crippen LogP contribution is -2.22. The molecule has 4 rings (SSSR count). The Balaban J connectivity index is 1.98. The van der Waals surface area contributed by atoms with Crippen molar-refractivity contribution in [2.24, 2.45) is 0 Å². The molecule has 0 saturated carbocycles. The lowest BCUT2D eigenvalue weighted by atomic mass is 9.88. The van der Waals surface area contributed by atoms with Crippen LogP contribution in [0.2, 0.25) is 0 Å². The van der Waals surface area contributed by atoms with Gasteiger partial charge in [-0.2, -0.15) is 0 Å². The lowest BCUT2D eigenvalue weighted by molar-refractivity contribution is 0.0489. The lowest BCUT2D eigenvalue weighted by Gasteiger charge is -2.20. The van der Waals surface area contributed by atoms with Crippen LogP contribution in [-0.4, -0.2) is 45.4 Å². The Morgan fingerprint density at radius 1 is 0.605 bits per heavy atom. The minimum Gasteiger partial charge on any atom is -0.508 e. The van der Waals surface area contributed by atoms with Gasteiger partial charge in [-0.3, -0.25) is 9.59 Å². The molecule has 0 radical (unpaired) electrons. The molecule has 0 atom stereocenters. The second kappa shape index (κ2) is 14.0. The van der Waals surface area contributed by atoms with E-state index in [1.165, 1.54) is 42.5 Å². The summed E-state index contributed by atoms with van der Waals surface area (Å²) in [6.45, 7) is 1.96. The largest absolute Gasteiger partial charge is 0.508 e. The summed E-state index contributed by atoms with van der Waals surface area (Å²) >= 11 is 0. The summed E-state index contributed by atoms with van der Waals surface area (Å²) in [5, 5.41) is 32.4. The molecule has 0 heterocycles.